The molecule has 0 heterocycles. The van der Waals surface area contributed by atoms with Crippen molar-refractivity contribution >= 4 is 0 Å². The van der Waals surface area contributed by atoms with Crippen molar-refractivity contribution in [2.75, 3.05) is 0 Å². The molecular formula is C10H14. The van der Waals surface area contributed by atoms with E-state index in [9.17, 15) is 0 Å². The lowest BCUT2D eigenvalue weighted by Gasteiger charge is -1.98. The summed E-state index contributed by atoms with van der Waals surface area (Å²) in [5.74, 6) is 2.51. The first kappa shape index (κ1) is 6.21. The molecule has 2 saturated carbocycles. The Kier molecular flexibility index (Phi) is 1.23. The molecule has 0 aromatic carbocycles. The van der Waals surface area contributed by atoms with Crippen molar-refractivity contribution in [3.63, 3.8) is 0 Å². The van der Waals surface area contributed by atoms with Crippen LogP contribution in [0.1, 0.15) is 19.3 Å². The van der Waals surface area contributed by atoms with E-state index in [-0.39, 0.29) is 0 Å². The van der Waals surface area contributed by atoms with Gasteiger partial charge in [0.05, 0.1) is 0 Å². The summed E-state index contributed by atoms with van der Waals surface area (Å²) in [4.78, 5) is 0. The number of hydrogen-bond donors (Lipinski definition) is 0. The molecule has 2 fully saturated rings. The molecule has 0 aliphatic heterocycles. The van der Waals surface area contributed by atoms with E-state index in [1.54, 1.807) is 0 Å². The Morgan fingerprint density at radius 2 is 2.10 bits per heavy atom. The quantitative estimate of drug-likeness (QED) is 0.521. The monoisotopic (exact) mass is 134 g/mol. The maximum atomic E-state index is 4.13. The van der Waals surface area contributed by atoms with Gasteiger partial charge in [-0.25, -0.2) is 0 Å². The van der Waals surface area contributed by atoms with Crippen molar-refractivity contribution in [3.05, 3.63) is 24.8 Å². The molecule has 2 unspecified atom stereocenters. The summed E-state index contributed by atoms with van der Waals surface area (Å²) in [7, 11) is 0. The highest BCUT2D eigenvalue weighted by atomic mass is 14.5. The first-order valence-corrected chi connectivity index (χ1v) is 4.14. The van der Waals surface area contributed by atoms with E-state index in [1.807, 2.05) is 0 Å². The molecular weight excluding hydrogens is 120 g/mol. The number of allylic oxidation sites excluding steroid dienone is 2. The fraction of sp³-hybridized carbons (Fsp3) is 0.600. The van der Waals surface area contributed by atoms with E-state index < -0.39 is 0 Å². The smallest absolute Gasteiger partial charge is 0.0134 e. The molecule has 54 valence electrons. The van der Waals surface area contributed by atoms with Gasteiger partial charge in [-0.05, 0) is 37.0 Å². The van der Waals surface area contributed by atoms with Crippen LogP contribution in [0.15, 0.2) is 24.8 Å². The topological polar surface area (TPSA) is 0 Å². The molecule has 0 nitrogen and oxygen atoms in total. The summed E-state index contributed by atoms with van der Waals surface area (Å²) in [6.07, 6.45) is 6.22. The van der Waals surface area contributed by atoms with Crippen LogP contribution in [0.2, 0.25) is 0 Å². The third kappa shape index (κ3) is 0.920. The Labute approximate surface area is 62.6 Å². The summed E-state index contributed by atoms with van der Waals surface area (Å²) >= 11 is 0. The van der Waals surface area contributed by atoms with E-state index in [1.165, 1.54) is 24.8 Å². The SMILES string of the molecule is C=CC1CC1C(=C)C1CC1. The van der Waals surface area contributed by atoms with Gasteiger partial charge >= 0.3 is 0 Å². The Balaban J connectivity index is 1.89. The zero-order valence-corrected chi connectivity index (χ0v) is 6.34. The Morgan fingerprint density at radius 3 is 2.50 bits per heavy atom. The van der Waals surface area contributed by atoms with Crippen LogP contribution in [0, 0.1) is 17.8 Å². The van der Waals surface area contributed by atoms with Gasteiger partial charge in [-0.1, -0.05) is 18.2 Å². The first-order valence-electron chi connectivity index (χ1n) is 4.14. The standard InChI is InChI=1S/C10H14/c1-3-8-6-10(8)7(2)9-4-5-9/h3,8-10H,1-2,4-6H2. The second-order valence-corrected chi connectivity index (χ2v) is 3.59. The van der Waals surface area contributed by atoms with Gasteiger partial charge in [0.15, 0.2) is 0 Å². The molecule has 0 bridgehead atoms. The van der Waals surface area contributed by atoms with Crippen molar-refractivity contribution in [2.45, 2.75) is 19.3 Å². The molecule has 2 aliphatic rings. The maximum absolute atomic E-state index is 4.13. The normalized spacial score (nSPS) is 37.2. The summed E-state index contributed by atoms with van der Waals surface area (Å²) in [6, 6.07) is 0. The molecule has 2 atom stereocenters. The highest BCUT2D eigenvalue weighted by molar-refractivity contribution is 5.21. The Morgan fingerprint density at radius 1 is 1.40 bits per heavy atom. The van der Waals surface area contributed by atoms with Crippen molar-refractivity contribution < 1.29 is 0 Å². The second kappa shape index (κ2) is 1.98. The Bertz CT molecular complexity index is 174. The van der Waals surface area contributed by atoms with E-state index in [0.29, 0.717) is 0 Å². The molecule has 0 aromatic rings. The van der Waals surface area contributed by atoms with Gasteiger partial charge < -0.3 is 0 Å². The zero-order valence-electron chi connectivity index (χ0n) is 6.34. The third-order valence-electron chi connectivity index (χ3n) is 2.72. The molecule has 0 amide bonds. The summed E-state index contributed by atoms with van der Waals surface area (Å²) < 4.78 is 0. The highest BCUT2D eigenvalue weighted by Gasteiger charge is 2.41. The molecule has 0 heteroatoms. The number of hydrogen-bond acceptors (Lipinski definition) is 0. The van der Waals surface area contributed by atoms with Crippen LogP contribution >= 0.6 is 0 Å². The third-order valence-corrected chi connectivity index (χ3v) is 2.72. The lowest BCUT2D eigenvalue weighted by Crippen LogP contribution is -1.87. The van der Waals surface area contributed by atoms with Crippen LogP contribution in [0.5, 0.6) is 0 Å². The minimum absolute atomic E-state index is 0.785. The largest absolute Gasteiger partial charge is 0.103 e. The minimum atomic E-state index is 0.785. The molecule has 0 N–H and O–H groups in total. The summed E-state index contributed by atoms with van der Waals surface area (Å²) in [6.45, 7) is 7.92. The van der Waals surface area contributed by atoms with Crippen LogP contribution in [0.3, 0.4) is 0 Å². The first-order chi connectivity index (χ1) is 4.83. The van der Waals surface area contributed by atoms with Gasteiger partial charge in [-0.3, -0.25) is 0 Å². The van der Waals surface area contributed by atoms with Crippen molar-refractivity contribution in [3.8, 4) is 0 Å². The zero-order chi connectivity index (χ0) is 7.14. The average Bonchev–Trinajstić information content (AvgIpc) is 2.83. The van der Waals surface area contributed by atoms with E-state index in [4.69, 9.17) is 0 Å². The lowest BCUT2D eigenvalue weighted by atomic mass is 10.1. The molecule has 0 saturated heterocycles. The van der Waals surface area contributed by atoms with Gasteiger partial charge in [-0.15, -0.1) is 6.58 Å². The predicted molar refractivity (Wildman–Crippen MR) is 43.7 cm³/mol. The summed E-state index contributed by atoms with van der Waals surface area (Å²) in [5.41, 5.74) is 1.52. The van der Waals surface area contributed by atoms with Gasteiger partial charge in [0, 0.05) is 0 Å². The van der Waals surface area contributed by atoms with Gasteiger partial charge in [0.2, 0.25) is 0 Å². The van der Waals surface area contributed by atoms with Crippen LogP contribution in [-0.4, -0.2) is 0 Å². The van der Waals surface area contributed by atoms with Crippen molar-refractivity contribution in [1.29, 1.82) is 0 Å². The van der Waals surface area contributed by atoms with Crippen LogP contribution in [0.25, 0.3) is 0 Å². The van der Waals surface area contributed by atoms with Crippen LogP contribution in [-0.2, 0) is 0 Å². The van der Waals surface area contributed by atoms with Crippen LogP contribution in [0.4, 0.5) is 0 Å². The summed E-state index contributed by atoms with van der Waals surface area (Å²) in [5, 5.41) is 0. The van der Waals surface area contributed by atoms with E-state index in [0.717, 1.165) is 17.8 Å². The number of rotatable bonds is 3. The Hall–Kier alpha value is -0.520. The maximum Gasteiger partial charge on any atom is -0.0134 e. The molecule has 10 heavy (non-hydrogen) atoms. The lowest BCUT2D eigenvalue weighted by molar-refractivity contribution is 0.826. The van der Waals surface area contributed by atoms with E-state index in [2.05, 4.69) is 19.2 Å². The van der Waals surface area contributed by atoms with Gasteiger partial charge in [-0.2, -0.15) is 0 Å². The predicted octanol–water partition coefficient (Wildman–Crippen LogP) is 2.77. The highest BCUT2D eigenvalue weighted by Crippen LogP contribution is 2.52. The molecule has 0 aromatic heterocycles. The van der Waals surface area contributed by atoms with Gasteiger partial charge in [0.25, 0.3) is 0 Å². The fourth-order valence-corrected chi connectivity index (χ4v) is 1.66. The van der Waals surface area contributed by atoms with E-state index >= 15 is 0 Å². The molecule has 0 radical (unpaired) electrons. The average molecular weight is 134 g/mol. The molecule has 0 spiro atoms. The fourth-order valence-electron chi connectivity index (χ4n) is 1.66. The van der Waals surface area contributed by atoms with Gasteiger partial charge in [0.1, 0.15) is 0 Å². The second-order valence-electron chi connectivity index (χ2n) is 3.59. The minimum Gasteiger partial charge on any atom is -0.103 e. The molecule has 2 rings (SSSR count). The van der Waals surface area contributed by atoms with Crippen LogP contribution < -0.4 is 0 Å². The van der Waals surface area contributed by atoms with Crippen molar-refractivity contribution in [2.24, 2.45) is 17.8 Å². The molecule has 2 aliphatic carbocycles. The van der Waals surface area contributed by atoms with Crippen molar-refractivity contribution in [1.82, 2.24) is 0 Å².